The third kappa shape index (κ3) is 5.28. The van der Waals surface area contributed by atoms with Gasteiger partial charge in [0.1, 0.15) is 17.5 Å². The van der Waals surface area contributed by atoms with E-state index in [1.165, 1.54) is 25.3 Å². The topological polar surface area (TPSA) is 67.1 Å². The van der Waals surface area contributed by atoms with E-state index in [1.54, 1.807) is 13.0 Å². The minimum atomic E-state index is -0.180. The van der Waals surface area contributed by atoms with Crippen LogP contribution in [-0.4, -0.2) is 33.8 Å². The number of aryl methyl sites for hydroxylation is 2. The fraction of sp³-hybridized carbons (Fsp3) is 0.550. The van der Waals surface area contributed by atoms with E-state index in [9.17, 15) is 4.39 Å². The first-order valence-electron chi connectivity index (χ1n) is 9.85. The van der Waals surface area contributed by atoms with Gasteiger partial charge in [-0.05, 0) is 43.9 Å². The van der Waals surface area contributed by atoms with Crippen LogP contribution in [0.5, 0.6) is 0 Å². The van der Waals surface area contributed by atoms with E-state index < -0.39 is 0 Å². The maximum absolute atomic E-state index is 13.4. The average Bonchev–Trinajstić information content (AvgIpc) is 2.88. The smallest absolute Gasteiger partial charge is 0.191 e. The molecule has 1 aliphatic rings. The van der Waals surface area contributed by atoms with Crippen molar-refractivity contribution in [2.45, 2.75) is 59.0 Å². The molecule has 0 fully saturated rings. The number of benzene rings is 1. The molecule has 0 unspecified atom stereocenters. The molecule has 27 heavy (non-hydrogen) atoms. The van der Waals surface area contributed by atoms with Crippen LogP contribution in [0, 0.1) is 12.7 Å². The quantitative estimate of drug-likeness (QED) is 0.604. The monoisotopic (exact) mass is 372 g/mol. The van der Waals surface area contributed by atoms with E-state index >= 15 is 0 Å². The molecule has 0 bridgehead atoms. The summed E-state index contributed by atoms with van der Waals surface area (Å²) < 4.78 is 15.7. The van der Waals surface area contributed by atoms with Crippen LogP contribution in [0.1, 0.15) is 49.0 Å². The van der Waals surface area contributed by atoms with Crippen LogP contribution in [0.15, 0.2) is 23.2 Å². The van der Waals surface area contributed by atoms with Gasteiger partial charge in [-0.25, -0.2) is 9.38 Å². The van der Waals surface area contributed by atoms with Crippen LogP contribution in [0.3, 0.4) is 0 Å². The van der Waals surface area contributed by atoms with Gasteiger partial charge in [0, 0.05) is 32.5 Å². The molecule has 0 saturated carbocycles. The van der Waals surface area contributed by atoms with Crippen molar-refractivity contribution in [2.24, 2.45) is 4.99 Å². The lowest BCUT2D eigenvalue weighted by atomic mass is 10.1. The Kier molecular flexibility index (Phi) is 6.79. The number of aromatic nitrogens is 3. The molecule has 6 nitrogen and oxygen atoms in total. The Bertz CT molecular complexity index is 783. The second-order valence-corrected chi connectivity index (χ2v) is 6.95. The molecule has 7 heteroatoms. The number of nitrogens with zero attached hydrogens (tertiary/aromatic N) is 4. The van der Waals surface area contributed by atoms with Crippen LogP contribution < -0.4 is 10.6 Å². The summed E-state index contributed by atoms with van der Waals surface area (Å²) in [4.78, 5) is 4.60. The van der Waals surface area contributed by atoms with Gasteiger partial charge in [0.2, 0.25) is 0 Å². The first-order valence-corrected chi connectivity index (χ1v) is 9.85. The zero-order valence-electron chi connectivity index (χ0n) is 16.3. The fourth-order valence-electron chi connectivity index (χ4n) is 3.34. The van der Waals surface area contributed by atoms with E-state index in [4.69, 9.17) is 0 Å². The van der Waals surface area contributed by atoms with E-state index in [0.29, 0.717) is 12.1 Å². The summed E-state index contributed by atoms with van der Waals surface area (Å²) >= 11 is 0. The van der Waals surface area contributed by atoms with Crippen molar-refractivity contribution in [3.05, 3.63) is 46.8 Å². The number of fused-ring (bicyclic) bond motifs is 1. The van der Waals surface area contributed by atoms with Crippen LogP contribution in [0.25, 0.3) is 0 Å². The van der Waals surface area contributed by atoms with Crippen molar-refractivity contribution < 1.29 is 4.39 Å². The van der Waals surface area contributed by atoms with E-state index in [0.717, 1.165) is 55.6 Å². The van der Waals surface area contributed by atoms with Crippen LogP contribution in [0.2, 0.25) is 0 Å². The molecule has 0 spiro atoms. The molecule has 1 aromatic heterocycles. The zero-order chi connectivity index (χ0) is 19.1. The van der Waals surface area contributed by atoms with E-state index in [2.05, 4.69) is 30.4 Å². The van der Waals surface area contributed by atoms with Gasteiger partial charge in [-0.3, -0.25) is 0 Å². The van der Waals surface area contributed by atoms with Crippen LogP contribution in [0.4, 0.5) is 4.39 Å². The first-order chi connectivity index (χ1) is 13.2. The summed E-state index contributed by atoms with van der Waals surface area (Å²) in [7, 11) is 0. The third-order valence-electron chi connectivity index (χ3n) is 4.81. The average molecular weight is 372 g/mol. The number of hydrogen-bond acceptors (Lipinski definition) is 3. The summed E-state index contributed by atoms with van der Waals surface area (Å²) in [6, 6.07) is 5.12. The van der Waals surface area contributed by atoms with Crippen molar-refractivity contribution in [3.8, 4) is 0 Å². The highest BCUT2D eigenvalue weighted by Gasteiger charge is 2.14. The maximum atomic E-state index is 13.4. The van der Waals surface area contributed by atoms with Crippen molar-refractivity contribution in [1.82, 2.24) is 25.4 Å². The van der Waals surface area contributed by atoms with Crippen LogP contribution in [-0.2, 0) is 25.9 Å². The predicted octanol–water partition coefficient (Wildman–Crippen LogP) is 2.75. The Morgan fingerprint density at radius 2 is 2.11 bits per heavy atom. The second kappa shape index (κ2) is 9.48. The van der Waals surface area contributed by atoms with Gasteiger partial charge < -0.3 is 15.2 Å². The predicted molar refractivity (Wildman–Crippen MR) is 105 cm³/mol. The van der Waals surface area contributed by atoms with Gasteiger partial charge >= 0.3 is 0 Å². The number of guanidine groups is 1. The van der Waals surface area contributed by atoms with E-state index in [1.807, 2.05) is 13.0 Å². The minimum absolute atomic E-state index is 0.180. The standard InChI is InChI=1S/C20H29FN6/c1-3-22-20(24-14-16-8-9-17(21)15(2)13-16)23-11-10-19-26-25-18-7-5-4-6-12-27(18)19/h8-9,13H,3-7,10-12,14H2,1-2H3,(H2,22,23,24). The summed E-state index contributed by atoms with van der Waals surface area (Å²) in [6.07, 6.45) is 5.51. The summed E-state index contributed by atoms with van der Waals surface area (Å²) in [5.74, 6) is 2.74. The number of hydrogen-bond donors (Lipinski definition) is 2. The molecular weight excluding hydrogens is 343 g/mol. The fourth-order valence-corrected chi connectivity index (χ4v) is 3.34. The third-order valence-corrected chi connectivity index (χ3v) is 4.81. The number of nitrogens with one attached hydrogen (secondary N) is 2. The zero-order valence-corrected chi connectivity index (χ0v) is 16.3. The van der Waals surface area contributed by atoms with Gasteiger partial charge in [-0.15, -0.1) is 10.2 Å². The van der Waals surface area contributed by atoms with Gasteiger partial charge in [0.25, 0.3) is 0 Å². The van der Waals surface area contributed by atoms with E-state index in [-0.39, 0.29) is 5.82 Å². The lowest BCUT2D eigenvalue weighted by Crippen LogP contribution is -2.38. The second-order valence-electron chi connectivity index (χ2n) is 6.95. The van der Waals surface area contributed by atoms with Crippen LogP contribution >= 0.6 is 0 Å². The number of rotatable bonds is 6. The molecule has 1 aromatic carbocycles. The molecule has 2 heterocycles. The van der Waals surface area contributed by atoms with Crippen molar-refractivity contribution in [2.75, 3.05) is 13.1 Å². The SMILES string of the molecule is CCNC(=NCc1ccc(F)c(C)c1)NCCc1nnc2n1CCCCC2. The highest BCUT2D eigenvalue weighted by molar-refractivity contribution is 5.79. The van der Waals surface area contributed by atoms with Crippen molar-refractivity contribution in [1.29, 1.82) is 0 Å². The molecule has 0 amide bonds. The Balaban J connectivity index is 1.56. The van der Waals surface area contributed by atoms with Gasteiger partial charge in [-0.2, -0.15) is 0 Å². The molecule has 0 atom stereocenters. The minimum Gasteiger partial charge on any atom is -0.357 e. The normalized spacial score (nSPS) is 14.6. The lowest BCUT2D eigenvalue weighted by molar-refractivity contribution is 0.600. The molecular formula is C20H29FN6. The summed E-state index contributed by atoms with van der Waals surface area (Å²) in [5, 5.41) is 15.3. The Labute approximate surface area is 160 Å². The summed E-state index contributed by atoms with van der Waals surface area (Å²) in [6.45, 7) is 6.87. The largest absolute Gasteiger partial charge is 0.357 e. The number of aliphatic imine (C=N–C) groups is 1. The molecule has 146 valence electrons. The van der Waals surface area contributed by atoms with Gasteiger partial charge in [-0.1, -0.05) is 18.6 Å². The highest BCUT2D eigenvalue weighted by atomic mass is 19.1. The lowest BCUT2D eigenvalue weighted by Gasteiger charge is -2.12. The molecule has 0 aliphatic carbocycles. The Morgan fingerprint density at radius 3 is 2.93 bits per heavy atom. The Hall–Kier alpha value is -2.44. The number of halogens is 1. The Morgan fingerprint density at radius 1 is 1.22 bits per heavy atom. The van der Waals surface area contributed by atoms with Gasteiger partial charge in [0.15, 0.2) is 5.96 Å². The molecule has 2 aromatic rings. The van der Waals surface area contributed by atoms with Crippen molar-refractivity contribution >= 4 is 5.96 Å². The molecule has 0 radical (unpaired) electrons. The molecule has 1 aliphatic heterocycles. The highest BCUT2D eigenvalue weighted by Crippen LogP contribution is 2.14. The first kappa shape index (κ1) is 19.3. The van der Waals surface area contributed by atoms with Crippen molar-refractivity contribution in [3.63, 3.8) is 0 Å². The summed E-state index contributed by atoms with van der Waals surface area (Å²) in [5.41, 5.74) is 1.64. The molecule has 3 rings (SSSR count). The maximum Gasteiger partial charge on any atom is 0.191 e. The molecule has 0 saturated heterocycles. The van der Waals surface area contributed by atoms with Gasteiger partial charge in [0.05, 0.1) is 6.54 Å². The molecule has 2 N–H and O–H groups in total.